The smallest absolute Gasteiger partial charge is 0.270 e. The summed E-state index contributed by atoms with van der Waals surface area (Å²) in [6.07, 6.45) is 3.21. The maximum atomic E-state index is 13.3. The summed E-state index contributed by atoms with van der Waals surface area (Å²) < 4.78 is 38.3. The van der Waals surface area contributed by atoms with Crippen LogP contribution in [-0.4, -0.2) is 56.4 Å². The average molecular weight is 379 g/mol. The van der Waals surface area contributed by atoms with Crippen molar-refractivity contribution in [3.05, 3.63) is 23.2 Å². The van der Waals surface area contributed by atoms with Gasteiger partial charge in [-0.05, 0) is 26.7 Å². The summed E-state index contributed by atoms with van der Waals surface area (Å²) in [6, 6.07) is 0. The van der Waals surface area contributed by atoms with Crippen molar-refractivity contribution in [2.75, 3.05) is 42.1 Å². The van der Waals surface area contributed by atoms with E-state index in [-0.39, 0.29) is 10.7 Å². The van der Waals surface area contributed by atoms with E-state index in [0.29, 0.717) is 50.3 Å². The molecule has 0 aromatic carbocycles. The molecule has 9 nitrogen and oxygen atoms in total. The maximum absolute atomic E-state index is 13.3. The molecule has 4 heterocycles. The molecule has 0 amide bonds. The number of ether oxygens (including phenoxy) is 1. The van der Waals surface area contributed by atoms with Crippen molar-refractivity contribution >= 4 is 21.8 Å². The molecule has 2 aromatic rings. The van der Waals surface area contributed by atoms with Gasteiger partial charge in [-0.15, -0.1) is 0 Å². The number of aryl methyl sites for hydroxylation is 3. The Morgan fingerprint density at radius 2 is 1.92 bits per heavy atom. The van der Waals surface area contributed by atoms with Crippen LogP contribution in [0.15, 0.2) is 15.6 Å². The molecular weight excluding hydrogens is 358 g/mol. The van der Waals surface area contributed by atoms with Crippen molar-refractivity contribution in [2.24, 2.45) is 0 Å². The molecule has 0 atom stereocenters. The molecular formula is C16H21N5O4S. The summed E-state index contributed by atoms with van der Waals surface area (Å²) in [5.41, 5.74) is 1.20. The number of hydrogen-bond donors (Lipinski definition) is 0. The van der Waals surface area contributed by atoms with Crippen LogP contribution < -0.4 is 9.21 Å². The maximum Gasteiger partial charge on any atom is 0.270 e. The predicted octanol–water partition coefficient (Wildman–Crippen LogP) is 1.06. The van der Waals surface area contributed by atoms with Gasteiger partial charge in [-0.25, -0.2) is 17.7 Å². The minimum Gasteiger partial charge on any atom is -0.378 e. The highest BCUT2D eigenvalue weighted by molar-refractivity contribution is 7.93. The third-order valence-electron chi connectivity index (χ3n) is 4.68. The van der Waals surface area contributed by atoms with Crippen LogP contribution in [0, 0.1) is 13.8 Å². The zero-order valence-corrected chi connectivity index (χ0v) is 15.6. The van der Waals surface area contributed by atoms with Gasteiger partial charge >= 0.3 is 0 Å². The van der Waals surface area contributed by atoms with Crippen LogP contribution in [0.4, 0.5) is 11.8 Å². The molecule has 0 spiro atoms. The Morgan fingerprint density at radius 3 is 2.62 bits per heavy atom. The van der Waals surface area contributed by atoms with Crippen LogP contribution in [0.3, 0.4) is 0 Å². The summed E-state index contributed by atoms with van der Waals surface area (Å²) in [5, 5.41) is 3.79. The number of morpholine rings is 1. The highest BCUT2D eigenvalue weighted by Crippen LogP contribution is 2.33. The standard InChI is InChI=1S/C16H21N5O4S/c1-11-14(12(2)25-19-11)26(22,23)21-5-3-4-13-10-17-16(18-15(13)21)20-6-8-24-9-7-20/h10H,3-9H2,1-2H3. The lowest BCUT2D eigenvalue weighted by atomic mass is 10.1. The number of hydrogen-bond acceptors (Lipinski definition) is 8. The quantitative estimate of drug-likeness (QED) is 0.780. The van der Waals surface area contributed by atoms with Crippen LogP contribution in [0.5, 0.6) is 0 Å². The van der Waals surface area contributed by atoms with Gasteiger partial charge in [-0.1, -0.05) is 5.16 Å². The predicted molar refractivity (Wildman–Crippen MR) is 93.9 cm³/mol. The molecule has 2 aliphatic rings. The fourth-order valence-corrected chi connectivity index (χ4v) is 5.19. The molecule has 0 radical (unpaired) electrons. The van der Waals surface area contributed by atoms with Crippen LogP contribution in [0.1, 0.15) is 23.4 Å². The first-order valence-electron chi connectivity index (χ1n) is 8.62. The van der Waals surface area contributed by atoms with Crippen molar-refractivity contribution in [3.63, 3.8) is 0 Å². The molecule has 0 N–H and O–H groups in total. The number of fused-ring (bicyclic) bond motifs is 1. The van der Waals surface area contributed by atoms with Gasteiger partial charge in [0.25, 0.3) is 10.0 Å². The van der Waals surface area contributed by atoms with E-state index in [4.69, 9.17) is 9.26 Å². The molecule has 0 saturated carbocycles. The molecule has 0 aliphatic carbocycles. The van der Waals surface area contributed by atoms with Gasteiger partial charge < -0.3 is 14.2 Å². The first-order valence-corrected chi connectivity index (χ1v) is 10.1. The molecule has 26 heavy (non-hydrogen) atoms. The third-order valence-corrected chi connectivity index (χ3v) is 6.72. The zero-order valence-electron chi connectivity index (χ0n) is 14.8. The molecule has 2 aromatic heterocycles. The van der Waals surface area contributed by atoms with Gasteiger partial charge in [0.05, 0.1) is 13.2 Å². The molecule has 0 bridgehead atoms. The lowest BCUT2D eigenvalue weighted by Gasteiger charge is -2.31. The van der Waals surface area contributed by atoms with E-state index in [1.165, 1.54) is 4.31 Å². The largest absolute Gasteiger partial charge is 0.378 e. The molecule has 140 valence electrons. The summed E-state index contributed by atoms with van der Waals surface area (Å²) >= 11 is 0. The van der Waals surface area contributed by atoms with Crippen LogP contribution in [-0.2, 0) is 21.2 Å². The molecule has 10 heteroatoms. The minimum absolute atomic E-state index is 0.122. The van der Waals surface area contributed by atoms with E-state index in [2.05, 4.69) is 15.1 Å². The molecule has 1 saturated heterocycles. The summed E-state index contributed by atoms with van der Waals surface area (Å²) in [5.74, 6) is 1.28. The Morgan fingerprint density at radius 1 is 1.15 bits per heavy atom. The Labute approximate surface area is 152 Å². The monoisotopic (exact) mass is 379 g/mol. The second kappa shape index (κ2) is 6.51. The first-order chi connectivity index (χ1) is 12.5. The van der Waals surface area contributed by atoms with Crippen molar-refractivity contribution < 1.29 is 17.7 Å². The van der Waals surface area contributed by atoms with E-state index >= 15 is 0 Å². The molecule has 0 unspecified atom stereocenters. The van der Waals surface area contributed by atoms with Gasteiger partial charge in [-0.3, -0.25) is 0 Å². The van der Waals surface area contributed by atoms with Crippen LogP contribution >= 0.6 is 0 Å². The Balaban J connectivity index is 1.76. The van der Waals surface area contributed by atoms with Gasteiger partial charge in [0.15, 0.2) is 16.5 Å². The number of aromatic nitrogens is 3. The SMILES string of the molecule is Cc1noc(C)c1S(=O)(=O)N1CCCc2cnc(N3CCOCC3)nc21. The highest BCUT2D eigenvalue weighted by Gasteiger charge is 2.35. The number of sulfonamides is 1. The second-order valence-electron chi connectivity index (χ2n) is 6.45. The van der Waals surface area contributed by atoms with Crippen molar-refractivity contribution in [3.8, 4) is 0 Å². The van der Waals surface area contributed by atoms with Gasteiger partial charge in [0, 0.05) is 31.4 Å². The van der Waals surface area contributed by atoms with Gasteiger partial charge in [-0.2, -0.15) is 4.98 Å². The Bertz CT molecular complexity index is 901. The third kappa shape index (κ3) is 2.82. The van der Waals surface area contributed by atoms with Crippen LogP contribution in [0.2, 0.25) is 0 Å². The highest BCUT2D eigenvalue weighted by atomic mass is 32.2. The Kier molecular flexibility index (Phi) is 4.31. The van der Waals surface area contributed by atoms with E-state index in [1.807, 2.05) is 4.90 Å². The van der Waals surface area contributed by atoms with Crippen molar-refractivity contribution in [1.29, 1.82) is 0 Å². The minimum atomic E-state index is -3.80. The number of nitrogens with zero attached hydrogens (tertiary/aromatic N) is 5. The fourth-order valence-electron chi connectivity index (χ4n) is 3.40. The second-order valence-corrected chi connectivity index (χ2v) is 8.25. The topological polar surface area (TPSA) is 102 Å². The van der Waals surface area contributed by atoms with Crippen LogP contribution in [0.25, 0.3) is 0 Å². The van der Waals surface area contributed by atoms with E-state index in [9.17, 15) is 8.42 Å². The Hall–Kier alpha value is -2.20. The molecule has 4 rings (SSSR count). The fraction of sp³-hybridized carbons (Fsp3) is 0.562. The van der Waals surface area contributed by atoms with E-state index < -0.39 is 10.0 Å². The zero-order chi connectivity index (χ0) is 18.3. The number of anilines is 2. The molecule has 1 fully saturated rings. The van der Waals surface area contributed by atoms with Crippen molar-refractivity contribution in [2.45, 2.75) is 31.6 Å². The summed E-state index contributed by atoms with van der Waals surface area (Å²) in [4.78, 5) is 11.2. The average Bonchev–Trinajstić information content (AvgIpc) is 3.00. The van der Waals surface area contributed by atoms with Gasteiger partial charge in [0.2, 0.25) is 5.95 Å². The summed E-state index contributed by atoms with van der Waals surface area (Å²) in [6.45, 7) is 6.22. The van der Waals surface area contributed by atoms with Crippen molar-refractivity contribution in [1.82, 2.24) is 15.1 Å². The lowest BCUT2D eigenvalue weighted by molar-refractivity contribution is 0.122. The normalized spacial score (nSPS) is 18.1. The van der Waals surface area contributed by atoms with E-state index in [1.54, 1.807) is 20.0 Å². The lowest BCUT2D eigenvalue weighted by Crippen LogP contribution is -2.40. The summed E-state index contributed by atoms with van der Waals surface area (Å²) in [7, 11) is -3.80. The van der Waals surface area contributed by atoms with E-state index in [0.717, 1.165) is 18.4 Å². The first kappa shape index (κ1) is 17.2. The molecule has 2 aliphatic heterocycles. The number of rotatable bonds is 3. The van der Waals surface area contributed by atoms with Gasteiger partial charge in [0.1, 0.15) is 5.69 Å².